The van der Waals surface area contributed by atoms with Gasteiger partial charge in [0, 0.05) is 13.0 Å². The van der Waals surface area contributed by atoms with Crippen LogP contribution in [0.5, 0.6) is 0 Å². The fourth-order valence-electron chi connectivity index (χ4n) is 1.35. The minimum atomic E-state index is -1.73. The zero-order chi connectivity index (χ0) is 9.19. The molecule has 1 saturated heterocycles. The predicted octanol–water partition coefficient (Wildman–Crippen LogP) is -0.900. The van der Waals surface area contributed by atoms with Gasteiger partial charge in [0.15, 0.2) is 0 Å². The molecule has 1 heterocycles. The van der Waals surface area contributed by atoms with Crippen LogP contribution in [0.3, 0.4) is 0 Å². The average molecular weight is 173 g/mol. The number of hydrogen-bond donors (Lipinski definition) is 1. The van der Waals surface area contributed by atoms with Crippen molar-refractivity contribution in [3.8, 4) is 0 Å². The van der Waals surface area contributed by atoms with Crippen LogP contribution in [-0.4, -0.2) is 41.8 Å². The number of methoxy groups -OCH3 is 1. The highest BCUT2D eigenvalue weighted by atomic mass is 16.5. The van der Waals surface area contributed by atoms with E-state index in [1.54, 1.807) is 0 Å². The van der Waals surface area contributed by atoms with E-state index in [0.717, 1.165) is 4.90 Å². The Labute approximate surface area is 69.9 Å². The van der Waals surface area contributed by atoms with E-state index in [4.69, 9.17) is 0 Å². The molecule has 1 amide bonds. The van der Waals surface area contributed by atoms with Gasteiger partial charge in [0.05, 0.1) is 7.11 Å². The van der Waals surface area contributed by atoms with Gasteiger partial charge in [-0.25, -0.2) is 4.79 Å². The van der Waals surface area contributed by atoms with E-state index in [-0.39, 0.29) is 6.42 Å². The zero-order valence-electron chi connectivity index (χ0n) is 6.82. The largest absolute Gasteiger partial charge is 0.465 e. The van der Waals surface area contributed by atoms with Gasteiger partial charge >= 0.3 is 5.97 Å². The molecule has 0 spiro atoms. The van der Waals surface area contributed by atoms with Crippen LogP contribution in [0.4, 0.5) is 0 Å². The van der Waals surface area contributed by atoms with Crippen molar-refractivity contribution in [2.45, 2.75) is 18.6 Å². The Balaban J connectivity index is 2.80. The van der Waals surface area contributed by atoms with Crippen LogP contribution < -0.4 is 0 Å². The lowest BCUT2D eigenvalue weighted by molar-refractivity contribution is -0.181. The number of carbonyl (C=O) groups excluding carboxylic acids is 2. The van der Waals surface area contributed by atoms with Crippen molar-refractivity contribution in [3.05, 3.63) is 0 Å². The molecule has 68 valence electrons. The first-order valence-electron chi connectivity index (χ1n) is 3.68. The highest BCUT2D eigenvalue weighted by molar-refractivity contribution is 5.81. The molecule has 0 radical (unpaired) electrons. The number of likely N-dealkylation sites (tertiary alicyclic amines) is 1. The number of aliphatic hydroxyl groups is 1. The maximum Gasteiger partial charge on any atom is 0.359 e. The highest BCUT2D eigenvalue weighted by Crippen LogP contribution is 2.25. The molecular weight excluding hydrogens is 162 g/mol. The molecule has 5 heteroatoms. The molecule has 12 heavy (non-hydrogen) atoms. The third-order valence-corrected chi connectivity index (χ3v) is 2.04. The quantitative estimate of drug-likeness (QED) is 0.434. The van der Waals surface area contributed by atoms with Crippen LogP contribution in [0, 0.1) is 0 Å². The summed E-state index contributed by atoms with van der Waals surface area (Å²) in [5.74, 6) is -0.771. The van der Waals surface area contributed by atoms with Crippen LogP contribution in [0.2, 0.25) is 0 Å². The highest BCUT2D eigenvalue weighted by Gasteiger charge is 2.46. The molecule has 5 nitrogen and oxygen atoms in total. The third kappa shape index (κ3) is 1.16. The van der Waals surface area contributed by atoms with Crippen molar-refractivity contribution in [1.82, 2.24) is 4.90 Å². The van der Waals surface area contributed by atoms with E-state index in [0.29, 0.717) is 19.4 Å². The zero-order valence-corrected chi connectivity index (χ0v) is 6.82. The summed E-state index contributed by atoms with van der Waals surface area (Å²) >= 11 is 0. The second-order valence-electron chi connectivity index (χ2n) is 2.71. The van der Waals surface area contributed by atoms with Gasteiger partial charge in [-0.2, -0.15) is 0 Å². The smallest absolute Gasteiger partial charge is 0.359 e. The molecular formula is C7H11NO4. The van der Waals surface area contributed by atoms with Gasteiger partial charge in [0.25, 0.3) is 0 Å². The minimum Gasteiger partial charge on any atom is -0.465 e. The van der Waals surface area contributed by atoms with Gasteiger partial charge in [-0.05, 0) is 6.42 Å². The van der Waals surface area contributed by atoms with Gasteiger partial charge in [-0.1, -0.05) is 0 Å². The number of nitrogens with zero attached hydrogens (tertiary/aromatic N) is 1. The summed E-state index contributed by atoms with van der Waals surface area (Å²) in [7, 11) is 1.18. The summed E-state index contributed by atoms with van der Waals surface area (Å²) in [4.78, 5) is 22.5. The topological polar surface area (TPSA) is 66.8 Å². The third-order valence-electron chi connectivity index (χ3n) is 2.04. The molecule has 1 aliphatic heterocycles. The minimum absolute atomic E-state index is 0.248. The van der Waals surface area contributed by atoms with Crippen molar-refractivity contribution in [3.63, 3.8) is 0 Å². The number of rotatable bonds is 2. The summed E-state index contributed by atoms with van der Waals surface area (Å²) in [5.41, 5.74) is -1.73. The molecule has 1 rings (SSSR count). The van der Waals surface area contributed by atoms with E-state index in [9.17, 15) is 14.7 Å². The van der Waals surface area contributed by atoms with Crippen molar-refractivity contribution in [1.29, 1.82) is 0 Å². The van der Waals surface area contributed by atoms with Crippen molar-refractivity contribution in [2.24, 2.45) is 0 Å². The predicted molar refractivity (Wildman–Crippen MR) is 39.0 cm³/mol. The first-order valence-corrected chi connectivity index (χ1v) is 3.68. The lowest BCUT2D eigenvalue weighted by Crippen LogP contribution is -2.50. The molecule has 0 bridgehead atoms. The van der Waals surface area contributed by atoms with Crippen LogP contribution >= 0.6 is 0 Å². The average Bonchev–Trinajstić information content (AvgIpc) is 2.46. The van der Waals surface area contributed by atoms with E-state index in [2.05, 4.69) is 4.74 Å². The Hall–Kier alpha value is -1.10. The van der Waals surface area contributed by atoms with E-state index in [1.807, 2.05) is 0 Å². The molecule has 1 unspecified atom stereocenters. The van der Waals surface area contributed by atoms with Crippen molar-refractivity contribution < 1.29 is 19.4 Å². The number of hydrogen-bond acceptors (Lipinski definition) is 4. The van der Waals surface area contributed by atoms with Crippen molar-refractivity contribution >= 4 is 12.4 Å². The van der Waals surface area contributed by atoms with Gasteiger partial charge < -0.3 is 14.7 Å². The van der Waals surface area contributed by atoms with Gasteiger partial charge in [-0.15, -0.1) is 0 Å². The Bertz CT molecular complexity index is 206. The summed E-state index contributed by atoms with van der Waals surface area (Å²) in [6, 6.07) is 0. The standard InChI is InChI=1S/C7H11NO4/c1-12-6(10)7(11)3-2-4-8(7)5-9/h5,11H,2-4H2,1H3. The Morgan fingerprint density at radius 2 is 2.42 bits per heavy atom. The molecule has 1 aliphatic rings. The van der Waals surface area contributed by atoms with Gasteiger partial charge in [-0.3, -0.25) is 4.79 Å². The van der Waals surface area contributed by atoms with E-state index < -0.39 is 11.7 Å². The van der Waals surface area contributed by atoms with Crippen LogP contribution in [0.25, 0.3) is 0 Å². The lowest BCUT2D eigenvalue weighted by atomic mass is 10.1. The summed E-state index contributed by atoms with van der Waals surface area (Å²) in [6.45, 7) is 0.398. The van der Waals surface area contributed by atoms with Crippen LogP contribution in [0.15, 0.2) is 0 Å². The molecule has 1 atom stereocenters. The van der Waals surface area contributed by atoms with Gasteiger partial charge in [0.2, 0.25) is 12.1 Å². The molecule has 0 saturated carbocycles. The second-order valence-corrected chi connectivity index (χ2v) is 2.71. The van der Waals surface area contributed by atoms with Gasteiger partial charge in [0.1, 0.15) is 0 Å². The monoisotopic (exact) mass is 173 g/mol. The first-order chi connectivity index (χ1) is 5.65. The summed E-state index contributed by atoms with van der Waals surface area (Å²) < 4.78 is 4.38. The molecule has 0 aromatic carbocycles. The molecule has 1 N–H and O–H groups in total. The fraction of sp³-hybridized carbons (Fsp3) is 0.714. The molecule has 0 aliphatic carbocycles. The number of amides is 1. The number of esters is 1. The number of ether oxygens (including phenoxy) is 1. The fourth-order valence-corrected chi connectivity index (χ4v) is 1.35. The summed E-state index contributed by atoms with van der Waals surface area (Å²) in [6.07, 6.45) is 1.33. The Kier molecular flexibility index (Phi) is 2.32. The van der Waals surface area contributed by atoms with E-state index in [1.165, 1.54) is 7.11 Å². The second kappa shape index (κ2) is 3.10. The Morgan fingerprint density at radius 1 is 1.75 bits per heavy atom. The molecule has 0 aromatic heterocycles. The lowest BCUT2D eigenvalue weighted by Gasteiger charge is -2.26. The number of carbonyl (C=O) groups is 2. The van der Waals surface area contributed by atoms with Crippen LogP contribution in [0.1, 0.15) is 12.8 Å². The SMILES string of the molecule is COC(=O)C1(O)CCCN1C=O. The first kappa shape index (κ1) is 8.99. The molecule has 1 fully saturated rings. The van der Waals surface area contributed by atoms with Crippen LogP contribution in [-0.2, 0) is 14.3 Å². The normalized spacial score (nSPS) is 28.7. The Morgan fingerprint density at radius 3 is 2.92 bits per heavy atom. The maximum atomic E-state index is 11.0. The summed E-state index contributed by atoms with van der Waals surface area (Å²) in [5, 5.41) is 9.64. The van der Waals surface area contributed by atoms with Crippen molar-refractivity contribution in [2.75, 3.05) is 13.7 Å². The maximum absolute atomic E-state index is 11.0. The molecule has 0 aromatic rings. The van der Waals surface area contributed by atoms with E-state index >= 15 is 0 Å².